The number of likely N-dealkylation sites (tertiary alicyclic amines) is 1. The lowest BCUT2D eigenvalue weighted by Crippen LogP contribution is -3.12. The molecule has 3 aromatic rings. The van der Waals surface area contributed by atoms with Gasteiger partial charge >= 0.3 is 5.63 Å². The number of piperidine rings is 1. The predicted octanol–water partition coefficient (Wildman–Crippen LogP) is 2.76. The standard InChI is InChI=1S/C20H21NO2/c1-14-5-4-10-21(12-14)13-16-11-19(22)23-18-9-8-15-6-2-3-7-17(15)20(16)18/h2-3,6-9,11,14H,4-5,10,12-13H2,1H3/p+1/t14-/m0/s1. The van der Waals surface area contributed by atoms with E-state index in [4.69, 9.17) is 4.42 Å². The smallest absolute Gasteiger partial charge is 0.336 e. The summed E-state index contributed by atoms with van der Waals surface area (Å²) < 4.78 is 5.46. The molecule has 4 rings (SSSR count). The van der Waals surface area contributed by atoms with E-state index in [0.717, 1.165) is 23.4 Å². The lowest BCUT2D eigenvalue weighted by atomic mass is 9.98. The highest BCUT2D eigenvalue weighted by Gasteiger charge is 2.21. The molecule has 118 valence electrons. The van der Waals surface area contributed by atoms with Crippen LogP contribution in [0.2, 0.25) is 0 Å². The van der Waals surface area contributed by atoms with Crippen molar-refractivity contribution in [3.63, 3.8) is 0 Å². The molecule has 0 saturated carbocycles. The van der Waals surface area contributed by atoms with Crippen LogP contribution in [0.3, 0.4) is 0 Å². The molecule has 0 radical (unpaired) electrons. The highest BCUT2D eigenvalue weighted by molar-refractivity contribution is 6.06. The maximum atomic E-state index is 12.0. The van der Waals surface area contributed by atoms with Crippen molar-refractivity contribution >= 4 is 21.7 Å². The first kappa shape index (κ1) is 14.5. The van der Waals surface area contributed by atoms with Crippen LogP contribution in [0.4, 0.5) is 0 Å². The average Bonchev–Trinajstić information content (AvgIpc) is 2.54. The van der Waals surface area contributed by atoms with Crippen LogP contribution in [0.1, 0.15) is 25.3 Å². The zero-order valence-electron chi connectivity index (χ0n) is 13.5. The molecule has 1 fully saturated rings. The molecular weight excluding hydrogens is 286 g/mol. The molecule has 2 aromatic carbocycles. The number of nitrogens with one attached hydrogen (secondary N) is 1. The van der Waals surface area contributed by atoms with E-state index >= 15 is 0 Å². The average molecular weight is 308 g/mol. The predicted molar refractivity (Wildman–Crippen MR) is 92.8 cm³/mol. The number of quaternary nitrogens is 1. The zero-order valence-corrected chi connectivity index (χ0v) is 13.5. The maximum Gasteiger partial charge on any atom is 0.336 e. The lowest BCUT2D eigenvalue weighted by Gasteiger charge is -2.28. The molecule has 0 bridgehead atoms. The van der Waals surface area contributed by atoms with Crippen molar-refractivity contribution in [2.24, 2.45) is 5.92 Å². The van der Waals surface area contributed by atoms with Gasteiger partial charge < -0.3 is 9.32 Å². The van der Waals surface area contributed by atoms with E-state index in [1.807, 2.05) is 24.3 Å². The van der Waals surface area contributed by atoms with Gasteiger partial charge in [0.25, 0.3) is 0 Å². The fraction of sp³-hybridized carbons (Fsp3) is 0.350. The highest BCUT2D eigenvalue weighted by Crippen LogP contribution is 2.27. The fourth-order valence-electron chi connectivity index (χ4n) is 3.99. The summed E-state index contributed by atoms with van der Waals surface area (Å²) in [5.74, 6) is 0.766. The third kappa shape index (κ3) is 2.77. The van der Waals surface area contributed by atoms with Gasteiger partial charge in [0.15, 0.2) is 0 Å². The summed E-state index contributed by atoms with van der Waals surface area (Å²) in [5.41, 5.74) is 1.58. The molecular formula is C20H22NO2+. The van der Waals surface area contributed by atoms with Crippen LogP contribution in [0, 0.1) is 5.92 Å². The number of hydrogen-bond donors (Lipinski definition) is 1. The monoisotopic (exact) mass is 308 g/mol. The molecule has 1 N–H and O–H groups in total. The minimum Gasteiger partial charge on any atom is -0.423 e. The SMILES string of the molecule is C[C@H]1CCC[NH+](Cc2cc(=O)oc3ccc4ccccc4c23)C1. The van der Waals surface area contributed by atoms with Crippen molar-refractivity contribution < 1.29 is 9.32 Å². The molecule has 1 aromatic heterocycles. The summed E-state index contributed by atoms with van der Waals surface area (Å²) in [7, 11) is 0. The van der Waals surface area contributed by atoms with Crippen LogP contribution < -0.4 is 10.5 Å². The number of fused-ring (bicyclic) bond motifs is 3. The van der Waals surface area contributed by atoms with Gasteiger partial charge in [-0.15, -0.1) is 0 Å². The van der Waals surface area contributed by atoms with Crippen molar-refractivity contribution in [1.29, 1.82) is 0 Å². The van der Waals surface area contributed by atoms with E-state index in [0.29, 0.717) is 5.58 Å². The van der Waals surface area contributed by atoms with E-state index in [1.165, 1.54) is 36.7 Å². The quantitative estimate of drug-likeness (QED) is 0.583. The number of benzene rings is 2. The molecule has 0 aliphatic carbocycles. The molecule has 0 amide bonds. The largest absolute Gasteiger partial charge is 0.423 e. The van der Waals surface area contributed by atoms with E-state index in [2.05, 4.69) is 19.1 Å². The molecule has 3 nitrogen and oxygen atoms in total. The molecule has 23 heavy (non-hydrogen) atoms. The van der Waals surface area contributed by atoms with Crippen LogP contribution in [-0.2, 0) is 6.54 Å². The minimum absolute atomic E-state index is 0.243. The highest BCUT2D eigenvalue weighted by atomic mass is 16.4. The Morgan fingerprint density at radius 2 is 2.09 bits per heavy atom. The van der Waals surface area contributed by atoms with Gasteiger partial charge in [0.1, 0.15) is 12.1 Å². The van der Waals surface area contributed by atoms with E-state index in [9.17, 15) is 4.79 Å². The van der Waals surface area contributed by atoms with Crippen molar-refractivity contribution in [1.82, 2.24) is 0 Å². The summed E-state index contributed by atoms with van der Waals surface area (Å²) in [4.78, 5) is 13.5. The van der Waals surface area contributed by atoms with Crippen LogP contribution in [0.15, 0.2) is 51.7 Å². The summed E-state index contributed by atoms with van der Waals surface area (Å²) in [6.45, 7) is 5.61. The molecule has 1 unspecified atom stereocenters. The van der Waals surface area contributed by atoms with Crippen molar-refractivity contribution in [2.45, 2.75) is 26.3 Å². The summed E-state index contributed by atoms with van der Waals surface area (Å²) >= 11 is 0. The third-order valence-electron chi connectivity index (χ3n) is 5.02. The van der Waals surface area contributed by atoms with Gasteiger partial charge in [-0.3, -0.25) is 0 Å². The van der Waals surface area contributed by atoms with Gasteiger partial charge in [-0.1, -0.05) is 37.3 Å². The van der Waals surface area contributed by atoms with Crippen molar-refractivity contribution in [3.8, 4) is 0 Å². The Labute approximate surface area is 135 Å². The number of hydrogen-bond acceptors (Lipinski definition) is 2. The van der Waals surface area contributed by atoms with E-state index in [-0.39, 0.29) is 5.63 Å². The second kappa shape index (κ2) is 5.82. The Morgan fingerprint density at radius 3 is 2.96 bits per heavy atom. The van der Waals surface area contributed by atoms with Crippen LogP contribution in [0.25, 0.3) is 21.7 Å². The Balaban J connectivity index is 1.87. The minimum atomic E-state index is -0.243. The molecule has 1 saturated heterocycles. The normalized spacial score (nSPS) is 21.8. The molecule has 1 aliphatic rings. The summed E-state index contributed by atoms with van der Waals surface area (Å²) in [6, 6.07) is 14.0. The van der Waals surface area contributed by atoms with Gasteiger partial charge in [-0.05, 0) is 29.7 Å². The van der Waals surface area contributed by atoms with Gasteiger partial charge in [-0.2, -0.15) is 0 Å². The van der Waals surface area contributed by atoms with Gasteiger partial charge in [0.2, 0.25) is 0 Å². The van der Waals surface area contributed by atoms with Crippen LogP contribution in [-0.4, -0.2) is 13.1 Å². The molecule has 2 heterocycles. The van der Waals surface area contributed by atoms with Crippen molar-refractivity contribution in [2.75, 3.05) is 13.1 Å². The lowest BCUT2D eigenvalue weighted by molar-refractivity contribution is -0.922. The Hall–Kier alpha value is -2.13. The second-order valence-corrected chi connectivity index (χ2v) is 6.88. The fourth-order valence-corrected chi connectivity index (χ4v) is 3.99. The van der Waals surface area contributed by atoms with Gasteiger partial charge in [0.05, 0.1) is 13.1 Å². The Kier molecular flexibility index (Phi) is 3.66. The third-order valence-corrected chi connectivity index (χ3v) is 5.02. The van der Waals surface area contributed by atoms with Gasteiger partial charge in [0, 0.05) is 22.9 Å². The molecule has 3 heteroatoms. The van der Waals surface area contributed by atoms with Gasteiger partial charge in [-0.25, -0.2) is 4.79 Å². The first-order chi connectivity index (χ1) is 11.2. The summed E-state index contributed by atoms with van der Waals surface area (Å²) in [6.07, 6.45) is 2.60. The zero-order chi connectivity index (χ0) is 15.8. The van der Waals surface area contributed by atoms with E-state index in [1.54, 1.807) is 11.0 Å². The summed E-state index contributed by atoms with van der Waals surface area (Å²) in [5, 5.41) is 3.47. The molecule has 2 atom stereocenters. The van der Waals surface area contributed by atoms with E-state index < -0.39 is 0 Å². The topological polar surface area (TPSA) is 34.7 Å². The molecule has 1 aliphatic heterocycles. The Bertz CT molecular complexity index is 912. The van der Waals surface area contributed by atoms with Crippen molar-refractivity contribution in [3.05, 3.63) is 58.4 Å². The first-order valence-corrected chi connectivity index (χ1v) is 8.49. The first-order valence-electron chi connectivity index (χ1n) is 8.49. The second-order valence-electron chi connectivity index (χ2n) is 6.88. The Morgan fingerprint density at radius 1 is 1.22 bits per heavy atom. The maximum absolute atomic E-state index is 12.0. The van der Waals surface area contributed by atoms with Crippen LogP contribution in [0.5, 0.6) is 0 Å². The molecule has 0 spiro atoms. The van der Waals surface area contributed by atoms with Crippen LogP contribution >= 0.6 is 0 Å². The number of rotatable bonds is 2.